The van der Waals surface area contributed by atoms with Crippen molar-refractivity contribution >= 4 is 11.9 Å². The predicted molar refractivity (Wildman–Crippen MR) is 89.3 cm³/mol. The van der Waals surface area contributed by atoms with Crippen LogP contribution in [-0.4, -0.2) is 27.3 Å². The van der Waals surface area contributed by atoms with Gasteiger partial charge < -0.3 is 20.1 Å². The zero-order chi connectivity index (χ0) is 18.4. The Hall–Kier alpha value is -2.50. The number of carboxylic acid groups (broad SMARTS) is 1. The van der Waals surface area contributed by atoms with Gasteiger partial charge in [-0.1, -0.05) is 25.5 Å². The molecule has 24 heavy (non-hydrogen) atoms. The van der Waals surface area contributed by atoms with Gasteiger partial charge in [-0.25, -0.2) is 4.79 Å². The number of allylic oxidation sites excluding steroid dienone is 2. The second kappa shape index (κ2) is 8.38. The number of aromatic hydroxyl groups is 2. The number of carboxylic acids is 1. The summed E-state index contributed by atoms with van der Waals surface area (Å²) >= 11 is 0. The van der Waals surface area contributed by atoms with Gasteiger partial charge in [0.15, 0.2) is 0 Å². The van der Waals surface area contributed by atoms with Crippen LogP contribution >= 0.6 is 0 Å². The summed E-state index contributed by atoms with van der Waals surface area (Å²) in [6.45, 7) is 7.50. The van der Waals surface area contributed by atoms with E-state index in [9.17, 15) is 19.8 Å². The van der Waals surface area contributed by atoms with E-state index in [1.807, 2.05) is 13.8 Å². The van der Waals surface area contributed by atoms with Crippen molar-refractivity contribution in [3.05, 3.63) is 33.9 Å². The maximum absolute atomic E-state index is 11.7. The van der Waals surface area contributed by atoms with Gasteiger partial charge >= 0.3 is 11.9 Å². The molecule has 0 spiro atoms. The average molecular weight is 336 g/mol. The molecule has 0 atom stereocenters. The van der Waals surface area contributed by atoms with Crippen LogP contribution in [0.1, 0.15) is 60.7 Å². The van der Waals surface area contributed by atoms with Gasteiger partial charge in [-0.05, 0) is 32.3 Å². The van der Waals surface area contributed by atoms with Crippen molar-refractivity contribution in [2.45, 2.75) is 53.6 Å². The van der Waals surface area contributed by atoms with E-state index in [0.29, 0.717) is 17.5 Å². The molecule has 0 aliphatic carbocycles. The van der Waals surface area contributed by atoms with Crippen LogP contribution in [0.5, 0.6) is 11.5 Å². The molecule has 132 valence electrons. The normalized spacial score (nSPS) is 13.0. The minimum atomic E-state index is -0.880. The van der Waals surface area contributed by atoms with Crippen molar-refractivity contribution in [2.75, 3.05) is 0 Å². The number of hydrogen-bond acceptors (Lipinski definition) is 5. The molecule has 3 N–H and O–H groups in total. The minimum Gasteiger partial charge on any atom is -0.507 e. The van der Waals surface area contributed by atoms with Gasteiger partial charge in [0, 0.05) is 17.5 Å². The highest BCUT2D eigenvalue weighted by molar-refractivity contribution is 5.98. The van der Waals surface area contributed by atoms with E-state index in [-0.39, 0.29) is 42.1 Å². The molecule has 0 saturated heterocycles. The van der Waals surface area contributed by atoms with Crippen molar-refractivity contribution < 1.29 is 29.6 Å². The molecular formula is C18H24O6. The number of carbonyl (C=O) groups is 2. The first-order valence-corrected chi connectivity index (χ1v) is 7.93. The van der Waals surface area contributed by atoms with Crippen LogP contribution in [0.4, 0.5) is 0 Å². The molecule has 0 amide bonds. The molecule has 0 unspecified atom stereocenters. The third-order valence-corrected chi connectivity index (χ3v) is 3.86. The van der Waals surface area contributed by atoms with Crippen LogP contribution in [0.2, 0.25) is 0 Å². The number of cyclic esters (lactones) is 1. The first kappa shape index (κ1) is 19.5. The van der Waals surface area contributed by atoms with Gasteiger partial charge in [0.05, 0.1) is 0 Å². The molecule has 1 aromatic rings. The third-order valence-electron chi connectivity index (χ3n) is 3.86. The zero-order valence-electron chi connectivity index (χ0n) is 14.5. The molecule has 0 radical (unpaired) electrons. The highest BCUT2D eigenvalue weighted by atomic mass is 16.5. The number of esters is 1. The van der Waals surface area contributed by atoms with Crippen LogP contribution in [-0.2, 0) is 22.6 Å². The molecular weight excluding hydrogens is 312 g/mol. The Morgan fingerprint density at radius 2 is 1.83 bits per heavy atom. The van der Waals surface area contributed by atoms with Crippen LogP contribution in [0.15, 0.2) is 11.6 Å². The smallest absolute Gasteiger partial charge is 0.342 e. The Kier molecular flexibility index (Phi) is 6.82. The molecule has 0 aromatic heterocycles. The SMILES string of the molecule is C/C(=C\Cc1c(O)c(C)c2c(c1O)C(=O)OC2)CCC(=O)O.CC. The number of fused-ring (bicyclic) bond motifs is 1. The molecule has 1 aliphatic heterocycles. The topological polar surface area (TPSA) is 104 Å². The monoisotopic (exact) mass is 336 g/mol. The summed E-state index contributed by atoms with van der Waals surface area (Å²) in [6.07, 6.45) is 2.37. The number of benzene rings is 1. The number of rotatable bonds is 5. The van der Waals surface area contributed by atoms with E-state index in [1.54, 1.807) is 19.9 Å². The Labute approximate surface area is 141 Å². The Balaban J connectivity index is 0.00000139. The van der Waals surface area contributed by atoms with E-state index >= 15 is 0 Å². The molecule has 0 fully saturated rings. The largest absolute Gasteiger partial charge is 0.507 e. The molecule has 6 nitrogen and oxygen atoms in total. The van der Waals surface area contributed by atoms with Crippen molar-refractivity contribution in [1.82, 2.24) is 0 Å². The van der Waals surface area contributed by atoms with Crippen molar-refractivity contribution in [3.8, 4) is 11.5 Å². The number of phenolic OH excluding ortho intramolecular Hbond substituents is 2. The highest BCUT2D eigenvalue weighted by Gasteiger charge is 2.31. The number of ether oxygens (including phenoxy) is 1. The quantitative estimate of drug-likeness (QED) is 0.562. The first-order chi connectivity index (χ1) is 11.3. The van der Waals surface area contributed by atoms with E-state index in [2.05, 4.69) is 0 Å². The summed E-state index contributed by atoms with van der Waals surface area (Å²) < 4.78 is 4.89. The maximum atomic E-state index is 11.7. The van der Waals surface area contributed by atoms with Gasteiger partial charge in [-0.15, -0.1) is 0 Å². The fraction of sp³-hybridized carbons (Fsp3) is 0.444. The molecule has 6 heteroatoms. The van der Waals surface area contributed by atoms with Crippen molar-refractivity contribution in [1.29, 1.82) is 0 Å². The Morgan fingerprint density at radius 3 is 2.42 bits per heavy atom. The fourth-order valence-electron chi connectivity index (χ4n) is 2.45. The van der Waals surface area contributed by atoms with Gasteiger partial charge in [-0.2, -0.15) is 0 Å². The lowest BCUT2D eigenvalue weighted by Gasteiger charge is -2.12. The molecule has 1 aromatic carbocycles. The summed E-state index contributed by atoms with van der Waals surface area (Å²) in [5.41, 5.74) is 2.23. The molecule has 0 saturated carbocycles. The fourth-order valence-corrected chi connectivity index (χ4v) is 2.45. The average Bonchev–Trinajstić information content (AvgIpc) is 2.94. The van der Waals surface area contributed by atoms with Gasteiger partial charge in [-0.3, -0.25) is 4.79 Å². The van der Waals surface area contributed by atoms with Crippen LogP contribution in [0, 0.1) is 6.92 Å². The molecule has 1 heterocycles. The van der Waals surface area contributed by atoms with Crippen molar-refractivity contribution in [3.63, 3.8) is 0 Å². The Morgan fingerprint density at radius 1 is 1.21 bits per heavy atom. The number of phenols is 2. The van der Waals surface area contributed by atoms with Gasteiger partial charge in [0.1, 0.15) is 23.7 Å². The summed E-state index contributed by atoms with van der Waals surface area (Å²) in [6, 6.07) is 0. The Bertz CT molecular complexity index is 673. The number of hydrogen-bond donors (Lipinski definition) is 3. The maximum Gasteiger partial charge on any atom is 0.342 e. The molecule has 1 aliphatic rings. The zero-order valence-corrected chi connectivity index (χ0v) is 14.5. The third kappa shape index (κ3) is 4.07. The molecule has 2 rings (SSSR count). The summed E-state index contributed by atoms with van der Waals surface area (Å²) in [7, 11) is 0. The van der Waals surface area contributed by atoms with Crippen LogP contribution < -0.4 is 0 Å². The highest BCUT2D eigenvalue weighted by Crippen LogP contribution is 2.41. The predicted octanol–water partition coefficient (Wildman–Crippen LogP) is 3.46. The number of carbonyl (C=O) groups excluding carboxylic acids is 1. The summed E-state index contributed by atoms with van der Waals surface area (Å²) in [5.74, 6) is -1.79. The lowest BCUT2D eigenvalue weighted by Crippen LogP contribution is -2.00. The van der Waals surface area contributed by atoms with Gasteiger partial charge in [0.25, 0.3) is 0 Å². The van der Waals surface area contributed by atoms with E-state index in [1.165, 1.54) is 0 Å². The number of aliphatic carboxylic acids is 1. The van der Waals surface area contributed by atoms with E-state index < -0.39 is 11.9 Å². The lowest BCUT2D eigenvalue weighted by molar-refractivity contribution is -0.136. The minimum absolute atomic E-state index is 0.0236. The molecule has 0 bridgehead atoms. The second-order valence-electron chi connectivity index (χ2n) is 5.38. The van der Waals surface area contributed by atoms with E-state index in [4.69, 9.17) is 9.84 Å². The van der Waals surface area contributed by atoms with Crippen LogP contribution in [0.25, 0.3) is 0 Å². The van der Waals surface area contributed by atoms with E-state index in [0.717, 1.165) is 5.57 Å². The van der Waals surface area contributed by atoms with Gasteiger partial charge in [0.2, 0.25) is 0 Å². The summed E-state index contributed by atoms with van der Waals surface area (Å²) in [5, 5.41) is 29.1. The summed E-state index contributed by atoms with van der Waals surface area (Å²) in [4.78, 5) is 22.2. The van der Waals surface area contributed by atoms with Crippen molar-refractivity contribution in [2.24, 2.45) is 0 Å². The standard InChI is InChI=1S/C16H18O6.C2H6/c1-8(4-6-12(17)18)3-5-10-14(19)9(2)11-7-22-16(21)13(11)15(10)20;1-2/h3,19-20H,4-7H2,1-2H3,(H,17,18);1-2H3/b8-3+;. The van der Waals surface area contributed by atoms with Crippen LogP contribution in [0.3, 0.4) is 0 Å². The lowest BCUT2D eigenvalue weighted by atomic mass is 9.95. The second-order valence-corrected chi connectivity index (χ2v) is 5.38. The first-order valence-electron chi connectivity index (χ1n) is 7.93.